The van der Waals surface area contributed by atoms with Gasteiger partial charge in [-0.1, -0.05) is 39.7 Å². The molecule has 0 bridgehead atoms. The van der Waals surface area contributed by atoms with Crippen LogP contribution in [0.5, 0.6) is 0 Å². The van der Waals surface area contributed by atoms with Gasteiger partial charge in [-0.2, -0.15) is 0 Å². The summed E-state index contributed by atoms with van der Waals surface area (Å²) in [5.74, 6) is 0.415. The zero-order valence-electron chi connectivity index (χ0n) is 11.3. The molecule has 2 atom stereocenters. The van der Waals surface area contributed by atoms with Crippen molar-refractivity contribution in [3.05, 3.63) is 12.2 Å². The Morgan fingerprint density at radius 1 is 1.24 bits per heavy atom. The van der Waals surface area contributed by atoms with Gasteiger partial charge in [-0.05, 0) is 24.7 Å². The second kappa shape index (κ2) is 10.3. The Balaban J connectivity index is 3.96. The van der Waals surface area contributed by atoms with Gasteiger partial charge in [-0.15, -0.1) is 0 Å². The molecular formula is C14H26O3. The van der Waals surface area contributed by atoms with E-state index in [2.05, 4.69) is 13.8 Å². The van der Waals surface area contributed by atoms with Crippen molar-refractivity contribution >= 4 is 5.97 Å². The van der Waals surface area contributed by atoms with E-state index in [9.17, 15) is 4.79 Å². The van der Waals surface area contributed by atoms with Crippen LogP contribution in [0.4, 0.5) is 0 Å². The fourth-order valence-corrected chi connectivity index (χ4v) is 1.66. The molecule has 0 aromatic heterocycles. The molecule has 3 heteroatoms. The van der Waals surface area contributed by atoms with Crippen LogP contribution in [-0.4, -0.2) is 24.3 Å². The summed E-state index contributed by atoms with van der Waals surface area (Å²) in [4.78, 5) is 11.3. The third-order valence-corrected chi connectivity index (χ3v) is 3.03. The van der Waals surface area contributed by atoms with Crippen molar-refractivity contribution in [1.29, 1.82) is 0 Å². The molecule has 0 saturated heterocycles. The first-order chi connectivity index (χ1) is 8.17. The molecule has 0 spiro atoms. The second-order valence-electron chi connectivity index (χ2n) is 4.41. The maximum Gasteiger partial charge on any atom is 0.330 e. The predicted octanol–water partition coefficient (Wildman–Crippen LogP) is 2.93. The molecule has 0 aromatic rings. The Hall–Kier alpha value is -0.830. The summed E-state index contributed by atoms with van der Waals surface area (Å²) in [5.41, 5.74) is 0. The molecule has 1 N–H and O–H groups in total. The van der Waals surface area contributed by atoms with Crippen LogP contribution in [0.15, 0.2) is 12.2 Å². The topological polar surface area (TPSA) is 46.5 Å². The van der Waals surface area contributed by atoms with Gasteiger partial charge in [0.15, 0.2) is 0 Å². The molecule has 0 aliphatic rings. The number of rotatable bonds is 9. The minimum absolute atomic E-state index is 0.219. The SMILES string of the molecule is CCC=CC(=O)OCC(CC)CC(CC)CO. The number of carbonyl (C=O) groups excluding carboxylic acids is 1. The number of aliphatic hydroxyl groups excluding tert-OH is 1. The van der Waals surface area contributed by atoms with Crippen LogP contribution in [0.25, 0.3) is 0 Å². The standard InChI is InChI=1S/C14H26O3/c1-4-7-8-14(16)17-11-13(6-3)9-12(5-2)10-15/h7-8,12-13,15H,4-6,9-11H2,1-3H3. The molecule has 3 nitrogen and oxygen atoms in total. The molecule has 0 amide bonds. The number of allylic oxidation sites excluding steroid dienone is 1. The highest BCUT2D eigenvalue weighted by molar-refractivity contribution is 5.81. The number of carbonyl (C=O) groups is 1. The van der Waals surface area contributed by atoms with Gasteiger partial charge in [0.1, 0.15) is 0 Å². The van der Waals surface area contributed by atoms with E-state index < -0.39 is 0 Å². The summed E-state index contributed by atoms with van der Waals surface area (Å²) >= 11 is 0. The lowest BCUT2D eigenvalue weighted by atomic mass is 9.92. The van der Waals surface area contributed by atoms with Crippen molar-refractivity contribution in [2.24, 2.45) is 11.8 Å². The summed E-state index contributed by atoms with van der Waals surface area (Å²) in [6.07, 6.45) is 6.99. The largest absolute Gasteiger partial charge is 0.462 e. The van der Waals surface area contributed by atoms with Crippen molar-refractivity contribution in [2.45, 2.75) is 46.5 Å². The van der Waals surface area contributed by atoms with Crippen LogP contribution in [0, 0.1) is 11.8 Å². The molecule has 0 aliphatic carbocycles. The predicted molar refractivity (Wildman–Crippen MR) is 69.7 cm³/mol. The lowest BCUT2D eigenvalue weighted by molar-refractivity contribution is -0.139. The average molecular weight is 242 g/mol. The molecule has 0 aromatic carbocycles. The molecular weight excluding hydrogens is 216 g/mol. The Labute approximate surface area is 105 Å². The summed E-state index contributed by atoms with van der Waals surface area (Å²) in [6.45, 7) is 6.82. The molecule has 0 radical (unpaired) electrons. The van der Waals surface area contributed by atoms with E-state index in [1.54, 1.807) is 6.08 Å². The van der Waals surface area contributed by atoms with E-state index in [1.807, 2.05) is 6.92 Å². The maximum atomic E-state index is 11.3. The third-order valence-electron chi connectivity index (χ3n) is 3.03. The molecule has 2 unspecified atom stereocenters. The van der Waals surface area contributed by atoms with Crippen molar-refractivity contribution in [2.75, 3.05) is 13.2 Å². The van der Waals surface area contributed by atoms with Crippen LogP contribution in [0.3, 0.4) is 0 Å². The van der Waals surface area contributed by atoms with Gasteiger partial charge in [0, 0.05) is 12.7 Å². The Bertz CT molecular complexity index is 220. The van der Waals surface area contributed by atoms with E-state index in [0.29, 0.717) is 18.4 Å². The van der Waals surface area contributed by atoms with Gasteiger partial charge in [0.25, 0.3) is 0 Å². The number of hydrogen-bond donors (Lipinski definition) is 1. The van der Waals surface area contributed by atoms with E-state index in [1.165, 1.54) is 6.08 Å². The monoisotopic (exact) mass is 242 g/mol. The number of ether oxygens (including phenoxy) is 1. The quantitative estimate of drug-likeness (QED) is 0.499. The minimum atomic E-state index is -0.262. The number of esters is 1. The van der Waals surface area contributed by atoms with Crippen LogP contribution in [0.1, 0.15) is 46.5 Å². The highest BCUT2D eigenvalue weighted by Crippen LogP contribution is 2.18. The molecule has 0 heterocycles. The van der Waals surface area contributed by atoms with Crippen molar-refractivity contribution in [3.8, 4) is 0 Å². The first kappa shape index (κ1) is 16.2. The van der Waals surface area contributed by atoms with Gasteiger partial charge in [0.05, 0.1) is 6.61 Å². The third kappa shape index (κ3) is 7.97. The fourth-order valence-electron chi connectivity index (χ4n) is 1.66. The van der Waals surface area contributed by atoms with Gasteiger partial charge >= 0.3 is 5.97 Å². The highest BCUT2D eigenvalue weighted by atomic mass is 16.5. The number of hydrogen-bond acceptors (Lipinski definition) is 3. The van der Waals surface area contributed by atoms with Gasteiger partial charge in [0.2, 0.25) is 0 Å². The molecule has 100 valence electrons. The van der Waals surface area contributed by atoms with Crippen LogP contribution in [-0.2, 0) is 9.53 Å². The second-order valence-corrected chi connectivity index (χ2v) is 4.41. The van der Waals surface area contributed by atoms with E-state index in [-0.39, 0.29) is 12.6 Å². The molecule has 0 aliphatic heterocycles. The zero-order valence-corrected chi connectivity index (χ0v) is 11.3. The van der Waals surface area contributed by atoms with Crippen molar-refractivity contribution in [1.82, 2.24) is 0 Å². The van der Waals surface area contributed by atoms with E-state index >= 15 is 0 Å². The van der Waals surface area contributed by atoms with E-state index in [0.717, 1.165) is 25.7 Å². The smallest absolute Gasteiger partial charge is 0.330 e. The van der Waals surface area contributed by atoms with Crippen molar-refractivity contribution in [3.63, 3.8) is 0 Å². The van der Waals surface area contributed by atoms with Gasteiger partial charge in [-0.25, -0.2) is 4.79 Å². The number of aliphatic hydroxyl groups is 1. The maximum absolute atomic E-state index is 11.3. The molecule has 0 rings (SSSR count). The summed E-state index contributed by atoms with van der Waals surface area (Å²) in [5, 5.41) is 9.15. The Morgan fingerprint density at radius 3 is 2.35 bits per heavy atom. The zero-order chi connectivity index (χ0) is 13.1. The highest BCUT2D eigenvalue weighted by Gasteiger charge is 2.14. The van der Waals surface area contributed by atoms with Gasteiger partial charge < -0.3 is 9.84 Å². The first-order valence-corrected chi connectivity index (χ1v) is 6.61. The summed E-state index contributed by atoms with van der Waals surface area (Å²) in [7, 11) is 0. The lowest BCUT2D eigenvalue weighted by Gasteiger charge is -2.19. The normalized spacial score (nSPS) is 14.8. The van der Waals surface area contributed by atoms with Crippen LogP contribution >= 0.6 is 0 Å². The fraction of sp³-hybridized carbons (Fsp3) is 0.786. The average Bonchev–Trinajstić information content (AvgIpc) is 2.36. The minimum Gasteiger partial charge on any atom is -0.462 e. The summed E-state index contributed by atoms with van der Waals surface area (Å²) in [6, 6.07) is 0. The molecule has 17 heavy (non-hydrogen) atoms. The van der Waals surface area contributed by atoms with Crippen molar-refractivity contribution < 1.29 is 14.6 Å². The Morgan fingerprint density at radius 2 is 1.88 bits per heavy atom. The van der Waals surface area contributed by atoms with Gasteiger partial charge in [-0.3, -0.25) is 0 Å². The molecule has 0 fully saturated rings. The van der Waals surface area contributed by atoms with Crippen LogP contribution in [0.2, 0.25) is 0 Å². The van der Waals surface area contributed by atoms with Crippen LogP contribution < -0.4 is 0 Å². The molecule has 0 saturated carbocycles. The first-order valence-electron chi connectivity index (χ1n) is 6.61. The Kier molecular flexibility index (Phi) is 9.83. The summed E-state index contributed by atoms with van der Waals surface area (Å²) < 4.78 is 5.18. The van der Waals surface area contributed by atoms with E-state index in [4.69, 9.17) is 9.84 Å². The lowest BCUT2D eigenvalue weighted by Crippen LogP contribution is -2.17.